The third-order valence-corrected chi connectivity index (χ3v) is 4.76. The average Bonchev–Trinajstić information content (AvgIpc) is 3.02. The number of aryl methyl sites for hydroxylation is 1. The number of piperidine rings is 1. The number of likely N-dealkylation sites (tertiary alicyclic amines) is 1. The van der Waals surface area contributed by atoms with Gasteiger partial charge in [-0.25, -0.2) is 0 Å². The van der Waals surface area contributed by atoms with Gasteiger partial charge < -0.3 is 18.9 Å². The molecule has 128 valence electrons. The molecular weight excluding hydrogens is 296 g/mol. The zero-order valence-electron chi connectivity index (χ0n) is 13.8. The van der Waals surface area contributed by atoms with Gasteiger partial charge in [-0.2, -0.15) is 0 Å². The lowest BCUT2D eigenvalue weighted by atomic mass is 9.96. The number of amides is 1. The molecule has 1 aromatic rings. The summed E-state index contributed by atoms with van der Waals surface area (Å²) in [5.74, 6) is 1.49. The van der Waals surface area contributed by atoms with Gasteiger partial charge in [-0.3, -0.25) is 4.79 Å². The molecule has 0 N–H and O–H groups in total. The number of carbonyl (C=O) groups excluding carboxylic acids is 1. The molecule has 0 radical (unpaired) electrons. The Hall–Kier alpha value is -1.47. The van der Waals surface area contributed by atoms with Crippen LogP contribution in [0.4, 0.5) is 0 Å². The van der Waals surface area contributed by atoms with Crippen LogP contribution in [0.2, 0.25) is 0 Å². The second kappa shape index (κ2) is 7.88. The molecule has 2 fully saturated rings. The van der Waals surface area contributed by atoms with E-state index < -0.39 is 0 Å². The smallest absolute Gasteiger partial charge is 0.248 e. The Balaban J connectivity index is 1.37. The summed E-state index contributed by atoms with van der Waals surface area (Å²) < 4.78 is 13.1. The molecule has 1 amide bonds. The van der Waals surface area contributed by atoms with Crippen LogP contribution in [0, 0.1) is 0 Å². The number of nitrogens with zero attached hydrogens (tertiary/aromatic N) is 4. The molecule has 7 heteroatoms. The van der Waals surface area contributed by atoms with E-state index in [4.69, 9.17) is 9.47 Å². The molecule has 2 aliphatic heterocycles. The van der Waals surface area contributed by atoms with Crippen molar-refractivity contribution in [3.63, 3.8) is 0 Å². The Kier molecular flexibility index (Phi) is 5.61. The van der Waals surface area contributed by atoms with E-state index in [-0.39, 0.29) is 18.6 Å². The molecule has 0 spiro atoms. The molecule has 0 unspecified atom stereocenters. The molecule has 2 aliphatic rings. The van der Waals surface area contributed by atoms with E-state index in [1.54, 1.807) is 6.33 Å². The Morgan fingerprint density at radius 2 is 2.17 bits per heavy atom. The molecule has 0 aromatic carbocycles. The molecule has 3 heterocycles. The van der Waals surface area contributed by atoms with Crippen molar-refractivity contribution in [3.05, 3.63) is 12.2 Å². The van der Waals surface area contributed by atoms with Crippen molar-refractivity contribution in [3.8, 4) is 0 Å². The standard InChI is InChI=1S/C16H26N4O3/c1-19-12-17-18-16(19)13-5-7-20(8-6-13)15(21)11-22-10-14-4-2-3-9-23-14/h12-14H,2-11H2,1H3/t14-/m0/s1. The maximum Gasteiger partial charge on any atom is 0.248 e. The SMILES string of the molecule is Cn1cnnc1C1CCN(C(=O)COC[C@@H]2CCCCO2)CC1. The fraction of sp³-hybridized carbons (Fsp3) is 0.812. The van der Waals surface area contributed by atoms with Crippen LogP contribution in [0.1, 0.15) is 43.8 Å². The Bertz CT molecular complexity index is 505. The molecular formula is C16H26N4O3. The summed E-state index contributed by atoms with van der Waals surface area (Å²) in [7, 11) is 1.97. The Morgan fingerprint density at radius 1 is 1.35 bits per heavy atom. The first-order valence-corrected chi connectivity index (χ1v) is 8.55. The minimum Gasteiger partial charge on any atom is -0.376 e. The molecule has 7 nitrogen and oxygen atoms in total. The molecule has 0 saturated carbocycles. The lowest BCUT2D eigenvalue weighted by molar-refractivity contribution is -0.139. The second-order valence-corrected chi connectivity index (χ2v) is 6.46. The van der Waals surface area contributed by atoms with Crippen molar-refractivity contribution in [2.45, 2.75) is 44.1 Å². The van der Waals surface area contributed by atoms with Crippen LogP contribution >= 0.6 is 0 Å². The quantitative estimate of drug-likeness (QED) is 0.812. The van der Waals surface area contributed by atoms with Gasteiger partial charge in [0.1, 0.15) is 18.8 Å². The monoisotopic (exact) mass is 322 g/mol. The number of hydrogen-bond acceptors (Lipinski definition) is 5. The normalized spacial score (nSPS) is 23.2. The van der Waals surface area contributed by atoms with E-state index >= 15 is 0 Å². The highest BCUT2D eigenvalue weighted by atomic mass is 16.5. The highest BCUT2D eigenvalue weighted by Crippen LogP contribution is 2.26. The van der Waals surface area contributed by atoms with E-state index in [1.807, 2.05) is 16.5 Å². The van der Waals surface area contributed by atoms with Gasteiger partial charge in [-0.15, -0.1) is 10.2 Å². The highest BCUT2D eigenvalue weighted by molar-refractivity contribution is 5.77. The van der Waals surface area contributed by atoms with Crippen molar-refractivity contribution in [2.75, 3.05) is 32.9 Å². The molecule has 3 rings (SSSR count). The van der Waals surface area contributed by atoms with Gasteiger partial charge >= 0.3 is 0 Å². The number of carbonyl (C=O) groups is 1. The van der Waals surface area contributed by atoms with Crippen LogP contribution < -0.4 is 0 Å². The summed E-state index contributed by atoms with van der Waals surface area (Å²) >= 11 is 0. The maximum atomic E-state index is 12.2. The second-order valence-electron chi connectivity index (χ2n) is 6.46. The number of hydrogen-bond donors (Lipinski definition) is 0. The first-order valence-electron chi connectivity index (χ1n) is 8.55. The molecule has 23 heavy (non-hydrogen) atoms. The van der Waals surface area contributed by atoms with Crippen LogP contribution in [-0.2, 0) is 21.3 Å². The summed E-state index contributed by atoms with van der Waals surface area (Å²) in [5.41, 5.74) is 0. The third-order valence-electron chi connectivity index (χ3n) is 4.76. The summed E-state index contributed by atoms with van der Waals surface area (Å²) in [4.78, 5) is 14.1. The predicted octanol–water partition coefficient (Wildman–Crippen LogP) is 1.11. The topological polar surface area (TPSA) is 69.5 Å². The molecule has 2 saturated heterocycles. The zero-order valence-corrected chi connectivity index (χ0v) is 13.8. The van der Waals surface area contributed by atoms with Gasteiger partial charge in [0, 0.05) is 32.7 Å². The van der Waals surface area contributed by atoms with Crippen molar-refractivity contribution in [1.29, 1.82) is 0 Å². The predicted molar refractivity (Wildman–Crippen MR) is 84.0 cm³/mol. The fourth-order valence-corrected chi connectivity index (χ4v) is 3.36. The minimum atomic E-state index is 0.0808. The first kappa shape index (κ1) is 16.4. The number of aromatic nitrogens is 3. The summed E-state index contributed by atoms with van der Waals surface area (Å²) in [5, 5.41) is 8.12. The van der Waals surface area contributed by atoms with Crippen molar-refractivity contribution in [2.24, 2.45) is 7.05 Å². The molecule has 0 bridgehead atoms. The van der Waals surface area contributed by atoms with E-state index in [0.717, 1.165) is 51.2 Å². The van der Waals surface area contributed by atoms with Gasteiger partial charge in [0.2, 0.25) is 5.91 Å². The largest absolute Gasteiger partial charge is 0.376 e. The highest BCUT2D eigenvalue weighted by Gasteiger charge is 2.26. The molecule has 1 aromatic heterocycles. The van der Waals surface area contributed by atoms with Crippen molar-refractivity contribution in [1.82, 2.24) is 19.7 Å². The van der Waals surface area contributed by atoms with E-state index in [0.29, 0.717) is 12.5 Å². The van der Waals surface area contributed by atoms with E-state index in [2.05, 4.69) is 10.2 Å². The van der Waals surface area contributed by atoms with Crippen LogP contribution in [0.15, 0.2) is 6.33 Å². The van der Waals surface area contributed by atoms with Crippen molar-refractivity contribution >= 4 is 5.91 Å². The lowest BCUT2D eigenvalue weighted by Gasteiger charge is -2.31. The van der Waals surface area contributed by atoms with Gasteiger partial charge in [-0.05, 0) is 32.1 Å². The number of rotatable bonds is 5. The molecule has 1 atom stereocenters. The van der Waals surface area contributed by atoms with E-state index in [1.165, 1.54) is 6.42 Å². The maximum absolute atomic E-state index is 12.2. The minimum absolute atomic E-state index is 0.0808. The van der Waals surface area contributed by atoms with Gasteiger partial charge in [0.15, 0.2) is 0 Å². The number of ether oxygens (including phenoxy) is 2. The summed E-state index contributed by atoms with van der Waals surface area (Å²) in [6, 6.07) is 0. The summed E-state index contributed by atoms with van der Waals surface area (Å²) in [6.07, 6.45) is 7.13. The lowest BCUT2D eigenvalue weighted by Crippen LogP contribution is -2.40. The molecule has 0 aliphatic carbocycles. The van der Waals surface area contributed by atoms with Gasteiger partial charge in [0.05, 0.1) is 12.7 Å². The van der Waals surface area contributed by atoms with Crippen LogP contribution in [0.3, 0.4) is 0 Å². The zero-order chi connectivity index (χ0) is 16.1. The summed E-state index contributed by atoms with van der Waals surface area (Å²) in [6.45, 7) is 3.03. The fourth-order valence-electron chi connectivity index (χ4n) is 3.36. The van der Waals surface area contributed by atoms with E-state index in [9.17, 15) is 4.79 Å². The first-order chi connectivity index (χ1) is 11.2. The van der Waals surface area contributed by atoms with Gasteiger partial charge in [-0.1, -0.05) is 0 Å². The Morgan fingerprint density at radius 3 is 2.83 bits per heavy atom. The third kappa shape index (κ3) is 4.29. The van der Waals surface area contributed by atoms with Gasteiger partial charge in [0.25, 0.3) is 0 Å². The van der Waals surface area contributed by atoms with Crippen LogP contribution in [-0.4, -0.2) is 64.6 Å². The van der Waals surface area contributed by atoms with Crippen molar-refractivity contribution < 1.29 is 14.3 Å². The van der Waals surface area contributed by atoms with Crippen LogP contribution in [0.25, 0.3) is 0 Å². The Labute approximate surface area is 137 Å². The van der Waals surface area contributed by atoms with Crippen LogP contribution in [0.5, 0.6) is 0 Å². The average molecular weight is 322 g/mol.